The number of rotatable bonds is 7. The van der Waals surface area contributed by atoms with Crippen LogP contribution < -0.4 is 5.32 Å². The van der Waals surface area contributed by atoms with Crippen molar-refractivity contribution in [2.75, 3.05) is 6.54 Å². The molecule has 5 nitrogen and oxygen atoms in total. The highest BCUT2D eigenvalue weighted by Crippen LogP contribution is 2.21. The van der Waals surface area contributed by atoms with Crippen LogP contribution in [0.15, 0.2) is 46.6 Å². The third-order valence-corrected chi connectivity index (χ3v) is 4.28. The van der Waals surface area contributed by atoms with Crippen LogP contribution in [-0.2, 0) is 6.42 Å². The second-order valence-corrected chi connectivity index (χ2v) is 6.00. The van der Waals surface area contributed by atoms with Gasteiger partial charge in [0.25, 0.3) is 0 Å². The zero-order valence-electron chi connectivity index (χ0n) is 12.4. The van der Waals surface area contributed by atoms with Gasteiger partial charge >= 0.3 is 0 Å². The number of nitrogens with one attached hydrogen (secondary N) is 1. The standard InChI is InChI=1S/C16H18N4OS/c1-12(13-5-2-8-17-11-13)18-9-3-7-15-19-16(20-21-15)14-6-4-10-22-14/h2,4-6,8,10-12,18H,3,7,9H2,1H3/t12-/m0/s1. The Morgan fingerprint density at radius 2 is 2.27 bits per heavy atom. The zero-order chi connectivity index (χ0) is 15.2. The van der Waals surface area contributed by atoms with E-state index in [1.54, 1.807) is 17.5 Å². The molecule has 3 aromatic rings. The lowest BCUT2D eigenvalue weighted by Gasteiger charge is -2.12. The van der Waals surface area contributed by atoms with Crippen molar-refractivity contribution in [3.8, 4) is 10.7 Å². The average molecular weight is 314 g/mol. The molecule has 0 aliphatic heterocycles. The highest BCUT2D eigenvalue weighted by atomic mass is 32.1. The van der Waals surface area contributed by atoms with E-state index in [0.29, 0.717) is 11.7 Å². The van der Waals surface area contributed by atoms with Crippen LogP contribution in [0.1, 0.15) is 30.8 Å². The Morgan fingerprint density at radius 1 is 1.32 bits per heavy atom. The van der Waals surface area contributed by atoms with E-state index in [-0.39, 0.29) is 6.04 Å². The number of pyridine rings is 1. The summed E-state index contributed by atoms with van der Waals surface area (Å²) >= 11 is 1.62. The van der Waals surface area contributed by atoms with Gasteiger partial charge in [-0.25, -0.2) is 0 Å². The molecule has 0 unspecified atom stereocenters. The Morgan fingerprint density at radius 3 is 3.05 bits per heavy atom. The molecular weight excluding hydrogens is 296 g/mol. The van der Waals surface area contributed by atoms with Crippen LogP contribution in [0.4, 0.5) is 0 Å². The molecular formula is C16H18N4OS. The smallest absolute Gasteiger partial charge is 0.227 e. The number of nitrogens with zero attached hydrogens (tertiary/aromatic N) is 3. The topological polar surface area (TPSA) is 63.8 Å². The summed E-state index contributed by atoms with van der Waals surface area (Å²) in [4.78, 5) is 9.60. The van der Waals surface area contributed by atoms with E-state index in [1.807, 2.05) is 29.8 Å². The van der Waals surface area contributed by atoms with Crippen molar-refractivity contribution in [3.63, 3.8) is 0 Å². The second-order valence-electron chi connectivity index (χ2n) is 5.05. The monoisotopic (exact) mass is 314 g/mol. The van der Waals surface area contributed by atoms with Crippen molar-refractivity contribution in [2.45, 2.75) is 25.8 Å². The highest BCUT2D eigenvalue weighted by molar-refractivity contribution is 7.13. The highest BCUT2D eigenvalue weighted by Gasteiger charge is 2.09. The summed E-state index contributed by atoms with van der Waals surface area (Å²) in [5.41, 5.74) is 1.19. The maximum absolute atomic E-state index is 5.29. The molecule has 0 saturated carbocycles. The molecule has 22 heavy (non-hydrogen) atoms. The van der Waals surface area contributed by atoms with E-state index in [9.17, 15) is 0 Å². The molecule has 0 amide bonds. The van der Waals surface area contributed by atoms with Gasteiger partial charge in [0.2, 0.25) is 11.7 Å². The van der Waals surface area contributed by atoms with Gasteiger partial charge in [-0.05, 0) is 43.0 Å². The molecule has 0 aliphatic carbocycles. The van der Waals surface area contributed by atoms with Gasteiger partial charge in [0, 0.05) is 24.9 Å². The third kappa shape index (κ3) is 3.78. The first-order chi connectivity index (χ1) is 10.8. The van der Waals surface area contributed by atoms with E-state index in [4.69, 9.17) is 4.52 Å². The van der Waals surface area contributed by atoms with E-state index >= 15 is 0 Å². The largest absolute Gasteiger partial charge is 0.339 e. The minimum absolute atomic E-state index is 0.290. The van der Waals surface area contributed by atoms with Gasteiger partial charge < -0.3 is 9.84 Å². The van der Waals surface area contributed by atoms with Gasteiger partial charge in [-0.1, -0.05) is 17.3 Å². The van der Waals surface area contributed by atoms with Crippen molar-refractivity contribution >= 4 is 11.3 Å². The molecule has 0 bridgehead atoms. The molecule has 0 fully saturated rings. The fraction of sp³-hybridized carbons (Fsp3) is 0.312. The first kappa shape index (κ1) is 14.9. The maximum Gasteiger partial charge on any atom is 0.227 e. The van der Waals surface area contributed by atoms with Crippen molar-refractivity contribution < 1.29 is 4.52 Å². The molecule has 1 atom stereocenters. The van der Waals surface area contributed by atoms with Crippen LogP contribution in [0, 0.1) is 0 Å². The van der Waals surface area contributed by atoms with E-state index < -0.39 is 0 Å². The molecule has 1 N–H and O–H groups in total. The van der Waals surface area contributed by atoms with Crippen LogP contribution in [-0.4, -0.2) is 21.7 Å². The second kappa shape index (κ2) is 7.29. The molecule has 3 rings (SSSR count). The fourth-order valence-corrected chi connectivity index (χ4v) is 2.82. The number of thiophene rings is 1. The van der Waals surface area contributed by atoms with Crippen molar-refractivity contribution in [3.05, 3.63) is 53.5 Å². The number of hydrogen-bond donors (Lipinski definition) is 1. The van der Waals surface area contributed by atoms with E-state index in [1.165, 1.54) is 5.56 Å². The van der Waals surface area contributed by atoms with Crippen LogP contribution >= 0.6 is 11.3 Å². The Labute approximate surface area is 133 Å². The van der Waals surface area contributed by atoms with Gasteiger partial charge in [-0.2, -0.15) is 4.98 Å². The van der Waals surface area contributed by atoms with Gasteiger partial charge in [0.1, 0.15) is 0 Å². The molecule has 0 aromatic carbocycles. The van der Waals surface area contributed by atoms with Crippen LogP contribution in [0.5, 0.6) is 0 Å². The van der Waals surface area contributed by atoms with Crippen LogP contribution in [0.2, 0.25) is 0 Å². The minimum Gasteiger partial charge on any atom is -0.339 e. The molecule has 3 heterocycles. The summed E-state index contributed by atoms with van der Waals surface area (Å²) in [7, 11) is 0. The van der Waals surface area contributed by atoms with E-state index in [2.05, 4.69) is 33.4 Å². The van der Waals surface area contributed by atoms with Gasteiger partial charge in [-0.3, -0.25) is 4.98 Å². The fourth-order valence-electron chi connectivity index (χ4n) is 2.17. The summed E-state index contributed by atoms with van der Waals surface area (Å²) in [5.74, 6) is 1.38. The summed E-state index contributed by atoms with van der Waals surface area (Å²) in [6.07, 6.45) is 5.42. The van der Waals surface area contributed by atoms with Crippen LogP contribution in [0.25, 0.3) is 10.7 Å². The molecule has 0 saturated heterocycles. The zero-order valence-corrected chi connectivity index (χ0v) is 13.2. The molecule has 6 heteroatoms. The number of aryl methyl sites for hydroxylation is 1. The lowest BCUT2D eigenvalue weighted by Crippen LogP contribution is -2.20. The average Bonchev–Trinajstić information content (AvgIpc) is 3.23. The SMILES string of the molecule is C[C@H](NCCCc1nc(-c2cccs2)no1)c1cccnc1. The Balaban J connectivity index is 1.44. The normalized spacial score (nSPS) is 12.4. The number of aromatic nitrogens is 3. The summed E-state index contributed by atoms with van der Waals surface area (Å²) in [5, 5.41) is 9.50. The van der Waals surface area contributed by atoms with Crippen LogP contribution in [0.3, 0.4) is 0 Å². The first-order valence-electron chi connectivity index (χ1n) is 7.32. The quantitative estimate of drug-likeness (QED) is 0.676. The van der Waals surface area contributed by atoms with Crippen molar-refractivity contribution in [1.82, 2.24) is 20.4 Å². The maximum atomic E-state index is 5.29. The Bertz CT molecular complexity index is 681. The predicted octanol–water partition coefficient (Wildman–Crippen LogP) is 3.48. The lowest BCUT2D eigenvalue weighted by molar-refractivity contribution is 0.374. The molecule has 3 aromatic heterocycles. The first-order valence-corrected chi connectivity index (χ1v) is 8.20. The van der Waals surface area contributed by atoms with Crippen molar-refractivity contribution in [2.24, 2.45) is 0 Å². The lowest BCUT2D eigenvalue weighted by atomic mass is 10.1. The molecule has 0 radical (unpaired) electrons. The van der Waals surface area contributed by atoms with Gasteiger partial charge in [0.15, 0.2) is 0 Å². The van der Waals surface area contributed by atoms with Crippen molar-refractivity contribution in [1.29, 1.82) is 0 Å². The minimum atomic E-state index is 0.290. The van der Waals surface area contributed by atoms with Gasteiger partial charge in [0.05, 0.1) is 4.88 Å². The summed E-state index contributed by atoms with van der Waals surface area (Å²) in [6.45, 7) is 3.03. The van der Waals surface area contributed by atoms with Gasteiger partial charge in [-0.15, -0.1) is 11.3 Å². The Kier molecular flexibility index (Phi) is 4.92. The molecule has 0 spiro atoms. The predicted molar refractivity (Wildman–Crippen MR) is 86.6 cm³/mol. The summed E-state index contributed by atoms with van der Waals surface area (Å²) < 4.78 is 5.29. The third-order valence-electron chi connectivity index (χ3n) is 3.41. The molecule has 114 valence electrons. The molecule has 0 aliphatic rings. The Hall–Kier alpha value is -2.05. The summed E-state index contributed by atoms with van der Waals surface area (Å²) in [6, 6.07) is 8.31. The number of hydrogen-bond acceptors (Lipinski definition) is 6. The van der Waals surface area contributed by atoms with E-state index in [0.717, 1.165) is 24.3 Å².